The number of rotatable bonds is 13. The van der Waals surface area contributed by atoms with E-state index in [4.69, 9.17) is 0 Å². The van der Waals surface area contributed by atoms with Crippen LogP contribution >= 0.6 is 0 Å². The van der Waals surface area contributed by atoms with Gasteiger partial charge in [-0.05, 0) is 63.3 Å². The van der Waals surface area contributed by atoms with Crippen molar-refractivity contribution in [1.82, 2.24) is 5.32 Å². The van der Waals surface area contributed by atoms with E-state index in [0.29, 0.717) is 5.54 Å². The maximum absolute atomic E-state index is 3.60. The van der Waals surface area contributed by atoms with Gasteiger partial charge in [0, 0.05) is 5.54 Å². The Kier molecular flexibility index (Phi) is 11.5. The molecule has 0 aromatic rings. The van der Waals surface area contributed by atoms with Gasteiger partial charge < -0.3 is 5.32 Å². The molecule has 0 spiro atoms. The highest BCUT2D eigenvalue weighted by atomic mass is 14.9. The van der Waals surface area contributed by atoms with E-state index < -0.39 is 0 Å². The Morgan fingerprint density at radius 1 is 0.955 bits per heavy atom. The minimum Gasteiger partial charge on any atom is -0.315 e. The van der Waals surface area contributed by atoms with Crippen molar-refractivity contribution in [2.45, 2.75) is 105 Å². The standard InChI is InChI=1S/C21H45N/c1-9-13-17(5)14-20(16-21(7,12-4)22-8)18(6)15-19(10-2)11-3/h17-20,22H,9-16H2,1-8H3. The molecule has 0 aliphatic carbocycles. The van der Waals surface area contributed by atoms with Gasteiger partial charge in [0.15, 0.2) is 0 Å². The monoisotopic (exact) mass is 311 g/mol. The SMILES string of the molecule is CCCC(C)CC(CC(C)(CC)NC)C(C)CC(CC)CC. The van der Waals surface area contributed by atoms with Crippen molar-refractivity contribution in [2.75, 3.05) is 7.05 Å². The maximum Gasteiger partial charge on any atom is 0.0150 e. The Morgan fingerprint density at radius 2 is 1.55 bits per heavy atom. The summed E-state index contributed by atoms with van der Waals surface area (Å²) >= 11 is 0. The lowest BCUT2D eigenvalue weighted by molar-refractivity contribution is 0.173. The van der Waals surface area contributed by atoms with Crippen LogP contribution in [0.4, 0.5) is 0 Å². The van der Waals surface area contributed by atoms with Crippen LogP contribution in [0, 0.1) is 23.7 Å². The van der Waals surface area contributed by atoms with Gasteiger partial charge in [-0.2, -0.15) is 0 Å². The van der Waals surface area contributed by atoms with Crippen molar-refractivity contribution in [1.29, 1.82) is 0 Å². The summed E-state index contributed by atoms with van der Waals surface area (Å²) in [4.78, 5) is 0. The molecule has 0 heterocycles. The summed E-state index contributed by atoms with van der Waals surface area (Å²) < 4.78 is 0. The molecule has 0 saturated heterocycles. The highest BCUT2D eigenvalue weighted by Crippen LogP contribution is 2.35. The fourth-order valence-electron chi connectivity index (χ4n) is 3.99. The van der Waals surface area contributed by atoms with Gasteiger partial charge in [0.2, 0.25) is 0 Å². The first-order valence-electron chi connectivity index (χ1n) is 10.0. The van der Waals surface area contributed by atoms with E-state index in [0.717, 1.165) is 23.7 Å². The van der Waals surface area contributed by atoms with Crippen LogP contribution < -0.4 is 5.32 Å². The lowest BCUT2D eigenvalue weighted by atomic mass is 9.73. The van der Waals surface area contributed by atoms with Crippen LogP contribution in [0.2, 0.25) is 0 Å². The van der Waals surface area contributed by atoms with Crippen molar-refractivity contribution >= 4 is 0 Å². The first-order valence-corrected chi connectivity index (χ1v) is 10.0. The minimum absolute atomic E-state index is 0.304. The summed E-state index contributed by atoms with van der Waals surface area (Å²) in [6.07, 6.45) is 10.8. The van der Waals surface area contributed by atoms with Crippen LogP contribution in [0.3, 0.4) is 0 Å². The number of nitrogens with one attached hydrogen (secondary N) is 1. The fourth-order valence-corrected chi connectivity index (χ4v) is 3.99. The molecule has 4 unspecified atom stereocenters. The van der Waals surface area contributed by atoms with Crippen molar-refractivity contribution < 1.29 is 0 Å². The van der Waals surface area contributed by atoms with Gasteiger partial charge in [0.1, 0.15) is 0 Å². The smallest absolute Gasteiger partial charge is 0.0150 e. The molecule has 0 aliphatic rings. The van der Waals surface area contributed by atoms with E-state index >= 15 is 0 Å². The van der Waals surface area contributed by atoms with Gasteiger partial charge >= 0.3 is 0 Å². The molecule has 0 saturated carbocycles. The summed E-state index contributed by atoms with van der Waals surface area (Å²) in [5.41, 5.74) is 0.304. The zero-order valence-electron chi connectivity index (χ0n) is 17.0. The van der Waals surface area contributed by atoms with Crippen LogP contribution in [0.25, 0.3) is 0 Å². The fraction of sp³-hybridized carbons (Fsp3) is 1.00. The van der Waals surface area contributed by atoms with E-state index in [1.54, 1.807) is 0 Å². The molecule has 1 heteroatoms. The number of hydrogen-bond donors (Lipinski definition) is 1. The third-order valence-electron chi connectivity index (χ3n) is 6.25. The third-order valence-corrected chi connectivity index (χ3v) is 6.25. The zero-order chi connectivity index (χ0) is 17.2. The van der Waals surface area contributed by atoms with Crippen LogP contribution in [0.15, 0.2) is 0 Å². The van der Waals surface area contributed by atoms with Crippen molar-refractivity contribution in [3.05, 3.63) is 0 Å². The van der Waals surface area contributed by atoms with E-state index in [9.17, 15) is 0 Å². The first-order chi connectivity index (χ1) is 10.4. The van der Waals surface area contributed by atoms with Crippen LogP contribution in [-0.4, -0.2) is 12.6 Å². The van der Waals surface area contributed by atoms with Gasteiger partial charge in [0.05, 0.1) is 0 Å². The van der Waals surface area contributed by atoms with Gasteiger partial charge in [0.25, 0.3) is 0 Å². The van der Waals surface area contributed by atoms with E-state index in [-0.39, 0.29) is 0 Å². The average Bonchev–Trinajstić information content (AvgIpc) is 2.51. The molecule has 4 atom stereocenters. The Balaban J connectivity index is 4.90. The molecule has 134 valence electrons. The summed E-state index contributed by atoms with van der Waals surface area (Å²) in [5, 5.41) is 3.60. The highest BCUT2D eigenvalue weighted by Gasteiger charge is 2.29. The topological polar surface area (TPSA) is 12.0 Å². The van der Waals surface area contributed by atoms with Crippen molar-refractivity contribution in [3.63, 3.8) is 0 Å². The first kappa shape index (κ1) is 22.0. The largest absolute Gasteiger partial charge is 0.315 e. The lowest BCUT2D eigenvalue weighted by Gasteiger charge is -2.37. The predicted octanol–water partition coefficient (Wildman–Crippen LogP) is 6.67. The van der Waals surface area contributed by atoms with Gasteiger partial charge in [-0.25, -0.2) is 0 Å². The second-order valence-electron chi connectivity index (χ2n) is 8.15. The van der Waals surface area contributed by atoms with Crippen molar-refractivity contribution in [2.24, 2.45) is 23.7 Å². The molecule has 0 amide bonds. The van der Waals surface area contributed by atoms with Crippen LogP contribution in [-0.2, 0) is 0 Å². The Bertz CT molecular complexity index is 253. The van der Waals surface area contributed by atoms with E-state index in [2.05, 4.69) is 60.8 Å². The van der Waals surface area contributed by atoms with E-state index in [1.807, 2.05) is 0 Å². The third kappa shape index (κ3) is 7.99. The van der Waals surface area contributed by atoms with Gasteiger partial charge in [-0.3, -0.25) is 0 Å². The number of hydrogen-bond acceptors (Lipinski definition) is 1. The minimum atomic E-state index is 0.304. The van der Waals surface area contributed by atoms with E-state index in [1.165, 1.54) is 51.4 Å². The molecule has 0 rings (SSSR count). The summed E-state index contributed by atoms with van der Waals surface area (Å²) in [6.45, 7) is 16.8. The lowest BCUT2D eigenvalue weighted by Crippen LogP contribution is -2.42. The maximum atomic E-state index is 3.60. The highest BCUT2D eigenvalue weighted by molar-refractivity contribution is 4.86. The summed E-state index contributed by atoms with van der Waals surface area (Å²) in [6, 6.07) is 0. The molecule has 1 N–H and O–H groups in total. The molecular formula is C21H45N. The molecule has 0 aromatic carbocycles. The molecular weight excluding hydrogens is 266 g/mol. The summed E-state index contributed by atoms with van der Waals surface area (Å²) in [7, 11) is 2.14. The molecule has 0 aliphatic heterocycles. The van der Waals surface area contributed by atoms with Gasteiger partial charge in [-0.15, -0.1) is 0 Å². The Labute approximate surface area is 142 Å². The Hall–Kier alpha value is -0.0400. The molecule has 0 bridgehead atoms. The molecule has 0 radical (unpaired) electrons. The molecule has 1 nitrogen and oxygen atoms in total. The van der Waals surface area contributed by atoms with Crippen LogP contribution in [0.1, 0.15) is 99.8 Å². The molecule has 0 fully saturated rings. The second kappa shape index (κ2) is 11.5. The summed E-state index contributed by atoms with van der Waals surface area (Å²) in [5.74, 6) is 3.50. The van der Waals surface area contributed by atoms with Crippen LogP contribution in [0.5, 0.6) is 0 Å². The Morgan fingerprint density at radius 3 is 1.95 bits per heavy atom. The normalized spacial score (nSPS) is 19.0. The van der Waals surface area contributed by atoms with Crippen molar-refractivity contribution in [3.8, 4) is 0 Å². The molecule has 22 heavy (non-hydrogen) atoms. The zero-order valence-corrected chi connectivity index (χ0v) is 17.0. The second-order valence-corrected chi connectivity index (χ2v) is 8.15. The van der Waals surface area contributed by atoms with Gasteiger partial charge in [-0.1, -0.05) is 67.2 Å². The molecule has 0 aromatic heterocycles. The quantitative estimate of drug-likeness (QED) is 0.400. The average molecular weight is 312 g/mol. The predicted molar refractivity (Wildman–Crippen MR) is 102 cm³/mol.